The molecular weight excluding hydrogens is 350 g/mol. The molecule has 0 radical (unpaired) electrons. The number of anilines is 2. The zero-order valence-corrected chi connectivity index (χ0v) is 14.2. The van der Waals surface area contributed by atoms with Crippen molar-refractivity contribution < 1.29 is 15.3 Å². The second-order valence-electron chi connectivity index (χ2n) is 5.72. The maximum Gasteiger partial charge on any atom is 0.336 e. The average Bonchev–Trinajstić information content (AvgIpc) is 2.99. The van der Waals surface area contributed by atoms with Gasteiger partial charge in [-0.05, 0) is 30.3 Å². The summed E-state index contributed by atoms with van der Waals surface area (Å²) in [5.74, 6) is -1.07. The summed E-state index contributed by atoms with van der Waals surface area (Å²) in [5, 5.41) is 16.3. The van der Waals surface area contributed by atoms with Crippen molar-refractivity contribution in [3.63, 3.8) is 0 Å². The number of nitrogen functional groups attached to an aromatic ring is 2. The first-order valence-electron chi connectivity index (χ1n) is 7.66. The number of carboxylic acid groups (broad SMARTS) is 1. The molecule has 4 rings (SSSR count). The molecule has 2 aromatic carbocycles. The first-order valence-corrected chi connectivity index (χ1v) is 8.47. The van der Waals surface area contributed by atoms with E-state index in [4.69, 9.17) is 16.9 Å². The number of hydrogen-bond donors (Lipinski definition) is 4. The fraction of sp³-hybridized carbons (Fsp3) is 0. The Balaban J connectivity index is 2.02. The smallest absolute Gasteiger partial charge is 0.336 e. The number of rotatable bonds is 3. The fourth-order valence-electron chi connectivity index (χ4n) is 2.97. The van der Waals surface area contributed by atoms with Gasteiger partial charge in [0.25, 0.3) is 0 Å². The van der Waals surface area contributed by atoms with Gasteiger partial charge in [0.15, 0.2) is 11.3 Å². The highest BCUT2D eigenvalue weighted by Crippen LogP contribution is 2.32. The molecule has 0 amide bonds. The van der Waals surface area contributed by atoms with E-state index in [-0.39, 0.29) is 5.56 Å². The lowest BCUT2D eigenvalue weighted by molar-refractivity contribution is -0.104. The molecule has 0 unspecified atom stereocenters. The fourth-order valence-corrected chi connectivity index (χ4v) is 3.74. The van der Waals surface area contributed by atoms with Gasteiger partial charge in [0, 0.05) is 16.6 Å². The third kappa shape index (κ3) is 2.44. The molecule has 0 saturated carbocycles. The molecule has 0 saturated heterocycles. The van der Waals surface area contributed by atoms with Gasteiger partial charge in [-0.2, -0.15) is 0 Å². The van der Waals surface area contributed by atoms with Crippen LogP contribution in [0, 0.1) is 0 Å². The summed E-state index contributed by atoms with van der Waals surface area (Å²) in [7, 11) is 0. The van der Waals surface area contributed by atoms with Crippen LogP contribution in [0.25, 0.3) is 32.4 Å². The maximum atomic E-state index is 11.8. The molecule has 7 N–H and O–H groups in total. The number of pyridine rings is 1. The van der Waals surface area contributed by atoms with E-state index in [0.29, 0.717) is 33.0 Å². The van der Waals surface area contributed by atoms with E-state index >= 15 is 0 Å². The van der Waals surface area contributed by atoms with Crippen LogP contribution in [0.2, 0.25) is 0 Å². The largest absolute Gasteiger partial charge is 0.478 e. The molecule has 0 bridgehead atoms. The summed E-state index contributed by atoms with van der Waals surface area (Å²) in [6.07, 6.45) is 1.30. The summed E-state index contributed by atoms with van der Waals surface area (Å²) in [5.41, 5.74) is 15.3. The molecular formula is C18H14N5O2S+. The van der Waals surface area contributed by atoms with Gasteiger partial charge in [0.2, 0.25) is 0 Å². The molecule has 7 nitrogen and oxygen atoms in total. The minimum atomic E-state index is -1.07. The minimum absolute atomic E-state index is 0.0953. The third-order valence-corrected chi connectivity index (χ3v) is 4.99. The van der Waals surface area contributed by atoms with Crippen molar-refractivity contribution in [2.75, 3.05) is 11.5 Å². The normalized spacial score (nSPS) is 11.1. The van der Waals surface area contributed by atoms with Crippen LogP contribution in [0.15, 0.2) is 36.4 Å². The lowest BCUT2D eigenvalue weighted by Crippen LogP contribution is -2.30. The second kappa shape index (κ2) is 5.78. The van der Waals surface area contributed by atoms with Crippen LogP contribution in [0.5, 0.6) is 0 Å². The monoisotopic (exact) mass is 364 g/mol. The van der Waals surface area contributed by atoms with Gasteiger partial charge in [-0.1, -0.05) is 17.4 Å². The van der Waals surface area contributed by atoms with Crippen molar-refractivity contribution in [1.29, 1.82) is 0 Å². The third-order valence-electron chi connectivity index (χ3n) is 4.15. The first-order chi connectivity index (χ1) is 12.5. The molecule has 2 aromatic heterocycles. The lowest BCUT2D eigenvalue weighted by atomic mass is 9.99. The van der Waals surface area contributed by atoms with E-state index in [0.717, 1.165) is 15.8 Å². The number of thiazole rings is 1. The minimum Gasteiger partial charge on any atom is -0.478 e. The van der Waals surface area contributed by atoms with E-state index in [2.05, 4.69) is 9.97 Å². The summed E-state index contributed by atoms with van der Waals surface area (Å²) in [4.78, 5) is 20.7. The van der Waals surface area contributed by atoms with Crippen molar-refractivity contribution in [2.45, 2.75) is 0 Å². The summed E-state index contributed by atoms with van der Waals surface area (Å²) >= 11 is 1.37. The predicted molar refractivity (Wildman–Crippen MR) is 103 cm³/mol. The van der Waals surface area contributed by atoms with Crippen molar-refractivity contribution in [2.24, 2.45) is 0 Å². The quantitative estimate of drug-likeness (QED) is 0.321. The maximum absolute atomic E-state index is 11.8. The highest BCUT2D eigenvalue weighted by molar-refractivity contribution is 7.22. The standard InChI is InChI=1S/C18H13N5O2S/c19-7-10-11(20)2-4-13-16(10)9(17(24)25)6-14(22-13)8-1-3-12-15(5-8)26-18(21)23-12/h1-7,19H,20H2,(H2,21,23)(H,24,25)/p+1. The molecule has 0 fully saturated rings. The Morgan fingerprint density at radius 2 is 1.88 bits per heavy atom. The van der Waals surface area contributed by atoms with Gasteiger partial charge in [0.1, 0.15) is 0 Å². The van der Waals surface area contributed by atoms with Crippen molar-refractivity contribution in [3.8, 4) is 11.3 Å². The molecule has 0 aliphatic rings. The number of hydrogen-bond acceptors (Lipinski definition) is 6. The predicted octanol–water partition coefficient (Wildman–Crippen LogP) is 1.55. The van der Waals surface area contributed by atoms with Crippen LogP contribution in [-0.2, 0) is 0 Å². The van der Waals surface area contributed by atoms with Crippen molar-refractivity contribution in [3.05, 3.63) is 47.5 Å². The molecule has 0 spiro atoms. The SMILES string of the molecule is Nc1nc2ccc(-c3cc(C(=O)O)c4c(C=[NH2+])c(N)ccc4n3)cc2s1. The highest BCUT2D eigenvalue weighted by atomic mass is 32.1. The Kier molecular flexibility index (Phi) is 3.55. The van der Waals surface area contributed by atoms with Gasteiger partial charge in [-0.3, -0.25) is 5.41 Å². The molecule has 128 valence electrons. The number of nitrogens with zero attached hydrogens (tertiary/aromatic N) is 2. The summed E-state index contributed by atoms with van der Waals surface area (Å²) < 4.78 is 0.909. The van der Waals surface area contributed by atoms with Gasteiger partial charge in [-0.15, -0.1) is 0 Å². The van der Waals surface area contributed by atoms with Crippen LogP contribution >= 0.6 is 11.3 Å². The second-order valence-corrected chi connectivity index (χ2v) is 6.79. The Hall–Kier alpha value is -3.52. The van der Waals surface area contributed by atoms with Crippen LogP contribution < -0.4 is 16.9 Å². The molecule has 4 aromatic rings. The van der Waals surface area contributed by atoms with E-state index in [1.54, 1.807) is 12.1 Å². The van der Waals surface area contributed by atoms with E-state index in [1.165, 1.54) is 23.6 Å². The molecule has 0 atom stereocenters. The Morgan fingerprint density at radius 1 is 1.12 bits per heavy atom. The summed E-state index contributed by atoms with van der Waals surface area (Å²) in [6, 6.07) is 10.5. The average molecular weight is 364 g/mol. The van der Waals surface area contributed by atoms with E-state index in [1.807, 2.05) is 18.2 Å². The Morgan fingerprint density at radius 3 is 2.62 bits per heavy atom. The summed E-state index contributed by atoms with van der Waals surface area (Å²) in [6.45, 7) is 0. The topological polar surface area (TPSA) is 141 Å². The highest BCUT2D eigenvalue weighted by Gasteiger charge is 2.18. The van der Waals surface area contributed by atoms with Crippen LogP contribution in [0.4, 0.5) is 10.8 Å². The van der Waals surface area contributed by atoms with Gasteiger partial charge < -0.3 is 16.6 Å². The molecule has 0 aliphatic heterocycles. The van der Waals surface area contributed by atoms with Crippen molar-refractivity contribution >= 4 is 55.5 Å². The zero-order chi connectivity index (χ0) is 18.4. The molecule has 2 heterocycles. The van der Waals surface area contributed by atoms with Crippen LogP contribution in [0.3, 0.4) is 0 Å². The van der Waals surface area contributed by atoms with Gasteiger partial charge in [-0.25, -0.2) is 14.8 Å². The number of nitrogens with two attached hydrogens (primary N) is 3. The van der Waals surface area contributed by atoms with Crippen molar-refractivity contribution in [1.82, 2.24) is 9.97 Å². The zero-order valence-electron chi connectivity index (χ0n) is 13.4. The lowest BCUT2D eigenvalue weighted by Gasteiger charge is -2.10. The number of carboxylic acids is 1. The molecule has 0 aliphatic carbocycles. The Bertz CT molecular complexity index is 1220. The van der Waals surface area contributed by atoms with E-state index < -0.39 is 5.97 Å². The number of carbonyl (C=O) groups is 1. The van der Waals surface area contributed by atoms with Crippen LogP contribution in [0.1, 0.15) is 15.9 Å². The van der Waals surface area contributed by atoms with Gasteiger partial charge >= 0.3 is 5.97 Å². The molecule has 26 heavy (non-hydrogen) atoms. The Labute approximate surface area is 151 Å². The molecule has 8 heteroatoms. The number of aromatic carboxylic acids is 1. The number of benzene rings is 2. The first kappa shape index (κ1) is 16.0. The van der Waals surface area contributed by atoms with Crippen LogP contribution in [-0.4, -0.2) is 27.3 Å². The van der Waals surface area contributed by atoms with Gasteiger partial charge in [0.05, 0.1) is 32.6 Å². The number of fused-ring (bicyclic) bond motifs is 2. The number of aromatic nitrogens is 2. The van der Waals surface area contributed by atoms with E-state index in [9.17, 15) is 9.90 Å².